The highest BCUT2D eigenvalue weighted by molar-refractivity contribution is 9.10. The van der Waals surface area contributed by atoms with Crippen molar-refractivity contribution in [2.75, 3.05) is 11.9 Å². The lowest BCUT2D eigenvalue weighted by atomic mass is 10.3. The average molecular weight is 308 g/mol. The van der Waals surface area contributed by atoms with Gasteiger partial charge >= 0.3 is 12.0 Å². The molecule has 0 unspecified atom stereocenters. The van der Waals surface area contributed by atoms with Crippen LogP contribution in [0.4, 0.5) is 10.5 Å². The van der Waals surface area contributed by atoms with Crippen molar-refractivity contribution in [1.29, 1.82) is 0 Å². The molecule has 5 nitrogen and oxygen atoms in total. The van der Waals surface area contributed by atoms with Crippen LogP contribution in [0, 0.1) is 0 Å². The number of halogens is 2. The number of carboxylic acids is 1. The summed E-state index contributed by atoms with van der Waals surface area (Å²) in [5, 5.41) is 13.4. The molecule has 0 aromatic heterocycles. The maximum Gasteiger partial charge on any atom is 0.323 e. The average Bonchev–Trinajstić information content (AvgIpc) is 2.20. The molecule has 0 radical (unpaired) electrons. The van der Waals surface area contributed by atoms with Crippen LogP contribution in [0.5, 0.6) is 0 Å². The van der Waals surface area contributed by atoms with Crippen LogP contribution in [0.3, 0.4) is 0 Å². The maximum absolute atomic E-state index is 11.2. The summed E-state index contributed by atoms with van der Waals surface area (Å²) in [6.07, 6.45) is 0. The molecule has 1 aromatic carbocycles. The Morgan fingerprint density at radius 3 is 2.75 bits per heavy atom. The number of carboxylic acid groups (broad SMARTS) is 1. The summed E-state index contributed by atoms with van der Waals surface area (Å²) < 4.78 is 0.655. The fraction of sp³-hybridized carbons (Fsp3) is 0.111. The molecule has 0 saturated heterocycles. The zero-order chi connectivity index (χ0) is 12.1. The van der Waals surface area contributed by atoms with Crippen molar-refractivity contribution in [3.8, 4) is 0 Å². The van der Waals surface area contributed by atoms with E-state index in [0.717, 1.165) is 0 Å². The van der Waals surface area contributed by atoms with Crippen molar-refractivity contribution in [1.82, 2.24) is 5.32 Å². The molecule has 2 amide bonds. The molecule has 0 aliphatic carbocycles. The minimum atomic E-state index is -1.11. The van der Waals surface area contributed by atoms with Gasteiger partial charge in [0.2, 0.25) is 0 Å². The number of anilines is 1. The molecular formula is C9H8BrClN2O3. The smallest absolute Gasteiger partial charge is 0.323 e. The van der Waals surface area contributed by atoms with Crippen molar-refractivity contribution in [2.24, 2.45) is 0 Å². The second kappa shape index (κ2) is 5.72. The van der Waals surface area contributed by atoms with Crippen molar-refractivity contribution in [2.45, 2.75) is 0 Å². The number of benzene rings is 1. The Balaban J connectivity index is 2.62. The number of hydrogen-bond acceptors (Lipinski definition) is 2. The Hall–Kier alpha value is -1.27. The van der Waals surface area contributed by atoms with Gasteiger partial charge in [0.1, 0.15) is 6.54 Å². The molecule has 7 heteroatoms. The predicted molar refractivity (Wildman–Crippen MR) is 63.8 cm³/mol. The highest BCUT2D eigenvalue weighted by atomic mass is 79.9. The number of carbonyl (C=O) groups excluding carboxylic acids is 1. The van der Waals surface area contributed by atoms with Crippen LogP contribution < -0.4 is 10.6 Å². The van der Waals surface area contributed by atoms with E-state index in [1.807, 2.05) is 0 Å². The van der Waals surface area contributed by atoms with E-state index in [0.29, 0.717) is 15.2 Å². The molecule has 86 valence electrons. The van der Waals surface area contributed by atoms with Crippen LogP contribution in [0.15, 0.2) is 22.7 Å². The molecule has 0 spiro atoms. The summed E-state index contributed by atoms with van der Waals surface area (Å²) in [6.45, 7) is -0.440. The third-order valence-corrected chi connectivity index (χ3v) is 2.50. The van der Waals surface area contributed by atoms with E-state index in [1.54, 1.807) is 18.2 Å². The Morgan fingerprint density at radius 2 is 2.12 bits per heavy atom. The van der Waals surface area contributed by atoms with Gasteiger partial charge in [-0.1, -0.05) is 11.6 Å². The molecule has 16 heavy (non-hydrogen) atoms. The van der Waals surface area contributed by atoms with E-state index in [2.05, 4.69) is 26.6 Å². The van der Waals surface area contributed by atoms with E-state index < -0.39 is 18.5 Å². The largest absolute Gasteiger partial charge is 0.480 e. The lowest BCUT2D eigenvalue weighted by molar-refractivity contribution is -0.135. The first-order valence-electron chi connectivity index (χ1n) is 4.20. The first-order valence-corrected chi connectivity index (χ1v) is 5.38. The number of aliphatic carboxylic acids is 1. The number of nitrogens with one attached hydrogen (secondary N) is 2. The van der Waals surface area contributed by atoms with Gasteiger partial charge in [0.15, 0.2) is 0 Å². The fourth-order valence-corrected chi connectivity index (χ4v) is 1.43. The van der Waals surface area contributed by atoms with Gasteiger partial charge < -0.3 is 15.7 Å². The lowest BCUT2D eigenvalue weighted by Crippen LogP contribution is -2.33. The highest BCUT2D eigenvalue weighted by Crippen LogP contribution is 2.25. The topological polar surface area (TPSA) is 78.4 Å². The van der Waals surface area contributed by atoms with E-state index >= 15 is 0 Å². The molecule has 0 aliphatic heterocycles. The number of rotatable bonds is 3. The molecule has 1 rings (SSSR count). The molecule has 3 N–H and O–H groups in total. The van der Waals surface area contributed by atoms with E-state index in [1.165, 1.54) is 0 Å². The van der Waals surface area contributed by atoms with Crippen molar-refractivity contribution in [3.63, 3.8) is 0 Å². The maximum atomic E-state index is 11.2. The van der Waals surface area contributed by atoms with Crippen LogP contribution >= 0.6 is 27.5 Å². The number of carbonyl (C=O) groups is 2. The van der Waals surface area contributed by atoms with E-state index in [9.17, 15) is 9.59 Å². The normalized spacial score (nSPS) is 9.62. The van der Waals surface area contributed by atoms with Gasteiger partial charge in [-0.15, -0.1) is 0 Å². The highest BCUT2D eigenvalue weighted by Gasteiger charge is 2.06. The SMILES string of the molecule is O=C(O)CNC(=O)Nc1cc(Cl)ccc1Br. The summed E-state index contributed by atoms with van der Waals surface area (Å²) in [5.41, 5.74) is 0.468. The fourth-order valence-electron chi connectivity index (χ4n) is 0.916. The summed E-state index contributed by atoms with van der Waals surface area (Å²) in [7, 11) is 0. The van der Waals surface area contributed by atoms with Gasteiger partial charge in [0, 0.05) is 9.50 Å². The van der Waals surface area contributed by atoms with Crippen LogP contribution in [0.2, 0.25) is 5.02 Å². The molecule has 0 saturated carbocycles. The Bertz CT molecular complexity index is 425. The number of amides is 2. The standard InChI is InChI=1S/C9H8BrClN2O3/c10-6-2-1-5(11)3-7(6)13-9(16)12-4-8(14)15/h1-3H,4H2,(H,14,15)(H2,12,13,16). The van der Waals surface area contributed by atoms with Crippen LogP contribution in [0.1, 0.15) is 0 Å². The summed E-state index contributed by atoms with van der Waals surface area (Å²) in [6, 6.07) is 4.28. The lowest BCUT2D eigenvalue weighted by Gasteiger charge is -2.08. The summed E-state index contributed by atoms with van der Waals surface area (Å²) in [5.74, 6) is -1.11. The third-order valence-electron chi connectivity index (χ3n) is 1.58. The summed E-state index contributed by atoms with van der Waals surface area (Å²) in [4.78, 5) is 21.4. The Kier molecular flexibility index (Phi) is 4.57. The minimum Gasteiger partial charge on any atom is -0.480 e. The van der Waals surface area contributed by atoms with Gasteiger partial charge in [-0.3, -0.25) is 4.79 Å². The van der Waals surface area contributed by atoms with Crippen LogP contribution in [0.25, 0.3) is 0 Å². The number of hydrogen-bond donors (Lipinski definition) is 3. The second-order valence-corrected chi connectivity index (χ2v) is 4.12. The molecule has 0 atom stereocenters. The van der Waals surface area contributed by atoms with Gasteiger partial charge in [-0.25, -0.2) is 4.79 Å². The first-order chi connectivity index (χ1) is 7.49. The summed E-state index contributed by atoms with van der Waals surface area (Å²) >= 11 is 8.96. The van der Waals surface area contributed by atoms with Crippen LogP contribution in [-0.4, -0.2) is 23.7 Å². The zero-order valence-electron chi connectivity index (χ0n) is 7.96. The molecule has 0 fully saturated rings. The predicted octanol–water partition coefficient (Wildman–Crippen LogP) is 2.31. The Labute approximate surface area is 105 Å². The van der Waals surface area contributed by atoms with Crippen molar-refractivity contribution in [3.05, 3.63) is 27.7 Å². The molecule has 1 aromatic rings. The number of urea groups is 1. The molecular weight excluding hydrogens is 299 g/mol. The quantitative estimate of drug-likeness (QED) is 0.802. The van der Waals surface area contributed by atoms with Crippen molar-refractivity contribution >= 4 is 45.2 Å². The minimum absolute atomic E-state index is 0.440. The van der Waals surface area contributed by atoms with Gasteiger partial charge in [0.25, 0.3) is 0 Å². The third kappa shape index (κ3) is 4.08. The van der Waals surface area contributed by atoms with Gasteiger partial charge in [-0.05, 0) is 34.1 Å². The molecule has 0 heterocycles. The van der Waals surface area contributed by atoms with E-state index in [-0.39, 0.29) is 0 Å². The monoisotopic (exact) mass is 306 g/mol. The molecule has 0 bridgehead atoms. The van der Waals surface area contributed by atoms with Gasteiger partial charge in [-0.2, -0.15) is 0 Å². The van der Waals surface area contributed by atoms with Crippen LogP contribution in [-0.2, 0) is 4.79 Å². The Morgan fingerprint density at radius 1 is 1.44 bits per heavy atom. The van der Waals surface area contributed by atoms with E-state index in [4.69, 9.17) is 16.7 Å². The first kappa shape index (κ1) is 12.8. The molecule has 0 aliphatic rings. The van der Waals surface area contributed by atoms with Crippen molar-refractivity contribution < 1.29 is 14.7 Å². The zero-order valence-corrected chi connectivity index (χ0v) is 10.3. The van der Waals surface area contributed by atoms with Gasteiger partial charge in [0.05, 0.1) is 5.69 Å². The second-order valence-electron chi connectivity index (χ2n) is 2.83.